The summed E-state index contributed by atoms with van der Waals surface area (Å²) in [4.78, 5) is 21.9. The minimum atomic E-state index is -0.860. The van der Waals surface area contributed by atoms with Crippen molar-refractivity contribution in [3.05, 3.63) is 29.3 Å². The highest BCUT2D eigenvalue weighted by Crippen LogP contribution is 2.14. The van der Waals surface area contributed by atoms with E-state index in [9.17, 15) is 9.59 Å². The summed E-state index contributed by atoms with van der Waals surface area (Å²) < 4.78 is 0. The van der Waals surface area contributed by atoms with E-state index in [4.69, 9.17) is 15.6 Å². The molecule has 2 amide bonds. The van der Waals surface area contributed by atoms with Gasteiger partial charge in [0.25, 0.3) is 0 Å². The molecule has 1 aromatic carbocycles. The average molecular weight is 286 g/mol. The molecule has 0 atom stereocenters. The number of carbonyl (C=O) groups is 2. The number of anilines is 1. The number of nitrogens with one attached hydrogen (secondary N) is 2. The number of hydrogen-bond acceptors (Lipinski definition) is 4. The summed E-state index contributed by atoms with van der Waals surface area (Å²) in [5.74, 6) is -0.860. The molecule has 0 saturated heterocycles. The first-order valence-corrected chi connectivity index (χ1v) is 6.27. The fourth-order valence-corrected chi connectivity index (χ4v) is 1.59. The van der Waals surface area contributed by atoms with Crippen molar-refractivity contribution in [1.29, 1.82) is 10.5 Å². The Morgan fingerprint density at radius 3 is 2.48 bits per heavy atom. The maximum absolute atomic E-state index is 11.6. The molecule has 7 heteroatoms. The summed E-state index contributed by atoms with van der Waals surface area (Å²) >= 11 is 0. The van der Waals surface area contributed by atoms with E-state index in [1.165, 1.54) is 18.2 Å². The van der Waals surface area contributed by atoms with Crippen molar-refractivity contribution < 1.29 is 14.7 Å². The van der Waals surface area contributed by atoms with Crippen molar-refractivity contribution in [2.24, 2.45) is 0 Å². The molecular weight excluding hydrogens is 272 g/mol. The Labute approximate surface area is 121 Å². The number of carboxylic acid groups (broad SMARTS) is 1. The van der Waals surface area contributed by atoms with Gasteiger partial charge in [-0.2, -0.15) is 10.5 Å². The van der Waals surface area contributed by atoms with Crippen LogP contribution in [0, 0.1) is 22.7 Å². The first-order chi connectivity index (χ1) is 10.1. The van der Waals surface area contributed by atoms with Gasteiger partial charge in [-0.1, -0.05) is 0 Å². The van der Waals surface area contributed by atoms with Gasteiger partial charge >= 0.3 is 12.0 Å². The number of hydrogen-bond donors (Lipinski definition) is 3. The van der Waals surface area contributed by atoms with Crippen LogP contribution in [-0.4, -0.2) is 23.7 Å². The predicted octanol–water partition coefficient (Wildman–Crippen LogP) is 1.81. The smallest absolute Gasteiger partial charge is 0.319 e. The summed E-state index contributed by atoms with van der Waals surface area (Å²) in [7, 11) is 0. The van der Waals surface area contributed by atoms with Gasteiger partial charge < -0.3 is 15.7 Å². The normalized spacial score (nSPS) is 9.24. The number of aliphatic carboxylic acids is 1. The maximum Gasteiger partial charge on any atom is 0.319 e. The van der Waals surface area contributed by atoms with Crippen molar-refractivity contribution in [3.63, 3.8) is 0 Å². The zero-order valence-electron chi connectivity index (χ0n) is 11.2. The van der Waals surface area contributed by atoms with Crippen molar-refractivity contribution in [1.82, 2.24) is 5.32 Å². The molecule has 0 heterocycles. The van der Waals surface area contributed by atoms with Gasteiger partial charge in [0.05, 0.1) is 11.1 Å². The van der Waals surface area contributed by atoms with Gasteiger partial charge in [0, 0.05) is 18.7 Å². The van der Waals surface area contributed by atoms with E-state index >= 15 is 0 Å². The van der Waals surface area contributed by atoms with Gasteiger partial charge in [-0.05, 0) is 31.0 Å². The monoisotopic (exact) mass is 286 g/mol. The van der Waals surface area contributed by atoms with Gasteiger partial charge in [0.1, 0.15) is 12.1 Å². The number of rotatable bonds is 6. The quantitative estimate of drug-likeness (QED) is 0.687. The van der Waals surface area contributed by atoms with Crippen LogP contribution >= 0.6 is 0 Å². The second kappa shape index (κ2) is 8.18. The highest BCUT2D eigenvalue weighted by molar-refractivity contribution is 5.89. The van der Waals surface area contributed by atoms with Crippen molar-refractivity contribution >= 4 is 17.7 Å². The van der Waals surface area contributed by atoms with Gasteiger partial charge in [0.2, 0.25) is 0 Å². The minimum absolute atomic E-state index is 0.0739. The third-order valence-electron chi connectivity index (χ3n) is 2.62. The molecule has 0 aromatic heterocycles. The lowest BCUT2D eigenvalue weighted by Gasteiger charge is -2.08. The van der Waals surface area contributed by atoms with Crippen LogP contribution in [0.1, 0.15) is 30.4 Å². The number of carboxylic acids is 1. The van der Waals surface area contributed by atoms with Gasteiger partial charge in [-0.25, -0.2) is 4.79 Å². The molecule has 0 aliphatic heterocycles. The number of nitriles is 2. The van der Waals surface area contributed by atoms with Crippen LogP contribution in [0.25, 0.3) is 0 Å². The van der Waals surface area contributed by atoms with Gasteiger partial charge in [-0.15, -0.1) is 0 Å². The van der Waals surface area contributed by atoms with E-state index in [1.54, 1.807) is 0 Å². The van der Waals surface area contributed by atoms with E-state index in [2.05, 4.69) is 10.6 Å². The van der Waals surface area contributed by atoms with Crippen LogP contribution < -0.4 is 10.6 Å². The topological polar surface area (TPSA) is 126 Å². The highest BCUT2D eigenvalue weighted by atomic mass is 16.4. The summed E-state index contributed by atoms with van der Waals surface area (Å²) in [5, 5.41) is 31.2. The van der Waals surface area contributed by atoms with Gasteiger partial charge in [0.15, 0.2) is 0 Å². The zero-order chi connectivity index (χ0) is 15.7. The van der Waals surface area contributed by atoms with Crippen molar-refractivity contribution in [2.75, 3.05) is 11.9 Å². The van der Waals surface area contributed by atoms with Crippen LogP contribution in [0.2, 0.25) is 0 Å². The van der Waals surface area contributed by atoms with Crippen molar-refractivity contribution in [3.8, 4) is 12.1 Å². The summed E-state index contributed by atoms with van der Waals surface area (Å²) in [6, 6.07) is 7.73. The Morgan fingerprint density at radius 1 is 1.14 bits per heavy atom. The second-order valence-electron chi connectivity index (χ2n) is 4.22. The lowest BCUT2D eigenvalue weighted by Crippen LogP contribution is -2.29. The molecule has 0 bridgehead atoms. The fraction of sp³-hybridized carbons (Fsp3) is 0.286. The predicted molar refractivity (Wildman–Crippen MR) is 74.4 cm³/mol. The molecule has 0 saturated carbocycles. The Bertz CT molecular complexity index is 614. The Morgan fingerprint density at radius 2 is 1.86 bits per heavy atom. The van der Waals surface area contributed by atoms with E-state index in [0.717, 1.165) is 0 Å². The second-order valence-corrected chi connectivity index (χ2v) is 4.22. The van der Waals surface area contributed by atoms with E-state index < -0.39 is 12.0 Å². The molecule has 3 N–H and O–H groups in total. The molecule has 0 fully saturated rings. The number of carbonyl (C=O) groups excluding carboxylic acids is 1. The van der Waals surface area contributed by atoms with Crippen LogP contribution in [0.3, 0.4) is 0 Å². The third-order valence-corrected chi connectivity index (χ3v) is 2.62. The van der Waals surface area contributed by atoms with Gasteiger partial charge in [-0.3, -0.25) is 4.79 Å². The molecule has 0 spiro atoms. The Balaban J connectivity index is 2.43. The molecule has 7 nitrogen and oxygen atoms in total. The van der Waals surface area contributed by atoms with Crippen LogP contribution in [0.15, 0.2) is 18.2 Å². The number of benzene rings is 1. The molecule has 0 aliphatic carbocycles. The van der Waals surface area contributed by atoms with Crippen molar-refractivity contribution in [2.45, 2.75) is 19.3 Å². The summed E-state index contributed by atoms with van der Waals surface area (Å²) in [6.07, 6.45) is 1.13. The van der Waals surface area contributed by atoms with E-state index in [1.807, 2.05) is 12.1 Å². The molecule has 0 radical (unpaired) electrons. The van der Waals surface area contributed by atoms with Crippen LogP contribution in [0.4, 0.5) is 10.5 Å². The number of unbranched alkanes of at least 4 members (excludes halogenated alkanes) is 1. The first kappa shape index (κ1) is 16.0. The lowest BCUT2D eigenvalue weighted by atomic mass is 10.1. The standard InChI is InChI=1S/C14H14N4O3/c15-8-10-4-5-12(7-11(10)9-16)18-14(21)17-6-2-1-3-13(19)20/h4-5,7H,1-3,6H2,(H,19,20)(H2,17,18,21). The molecule has 0 aliphatic rings. The lowest BCUT2D eigenvalue weighted by molar-refractivity contribution is -0.137. The molecule has 1 rings (SSSR count). The molecule has 108 valence electrons. The summed E-state index contributed by atoms with van der Waals surface area (Å²) in [5.41, 5.74) is 0.850. The molecule has 1 aromatic rings. The van der Waals surface area contributed by atoms with Crippen LogP contribution in [0.5, 0.6) is 0 Å². The fourth-order valence-electron chi connectivity index (χ4n) is 1.59. The van der Waals surface area contributed by atoms with Crippen LogP contribution in [-0.2, 0) is 4.79 Å². The molecular formula is C14H14N4O3. The number of urea groups is 1. The molecule has 21 heavy (non-hydrogen) atoms. The summed E-state index contributed by atoms with van der Waals surface area (Å²) in [6.45, 7) is 0.362. The third kappa shape index (κ3) is 5.62. The largest absolute Gasteiger partial charge is 0.481 e. The first-order valence-electron chi connectivity index (χ1n) is 6.27. The average Bonchev–Trinajstić information content (AvgIpc) is 2.46. The van der Waals surface area contributed by atoms with E-state index in [-0.39, 0.29) is 17.5 Å². The number of amides is 2. The maximum atomic E-state index is 11.6. The molecule has 0 unspecified atom stereocenters. The zero-order valence-corrected chi connectivity index (χ0v) is 11.2. The highest BCUT2D eigenvalue weighted by Gasteiger charge is 2.06. The SMILES string of the molecule is N#Cc1ccc(NC(=O)NCCCCC(=O)O)cc1C#N. The Kier molecular flexibility index (Phi) is 6.23. The minimum Gasteiger partial charge on any atom is -0.481 e. The number of nitrogens with zero attached hydrogens (tertiary/aromatic N) is 2. The Hall–Kier alpha value is -3.06. The van der Waals surface area contributed by atoms with E-state index in [0.29, 0.717) is 25.1 Å².